The van der Waals surface area contributed by atoms with Gasteiger partial charge in [0, 0.05) is 39.2 Å². The van der Waals surface area contributed by atoms with E-state index in [-0.39, 0.29) is 29.8 Å². The number of benzene rings is 1. The van der Waals surface area contributed by atoms with Gasteiger partial charge in [-0.3, -0.25) is 9.59 Å². The van der Waals surface area contributed by atoms with Gasteiger partial charge in [0.2, 0.25) is 11.8 Å². The number of carbonyl (C=O) groups excluding carboxylic acids is 2. The lowest BCUT2D eigenvalue weighted by Crippen LogP contribution is -2.53. The second-order valence-electron chi connectivity index (χ2n) is 8.09. The van der Waals surface area contributed by atoms with Crippen LogP contribution in [0.1, 0.15) is 56.9 Å². The molecule has 27 heavy (non-hydrogen) atoms. The highest BCUT2D eigenvalue weighted by molar-refractivity contribution is 5.84. The molecule has 2 amide bonds. The van der Waals surface area contributed by atoms with Gasteiger partial charge in [-0.1, -0.05) is 37.3 Å². The number of likely N-dealkylation sites (tertiary alicyclic amines) is 2. The molecule has 1 spiro atoms. The number of aliphatic hydroxyl groups excluding tert-OH is 1. The Morgan fingerprint density at radius 3 is 2.52 bits per heavy atom. The van der Waals surface area contributed by atoms with Crippen LogP contribution in [-0.4, -0.2) is 59.5 Å². The molecule has 1 N–H and O–H groups in total. The predicted octanol–water partition coefficient (Wildman–Crippen LogP) is 2.79. The minimum absolute atomic E-state index is 0.0609. The van der Waals surface area contributed by atoms with Gasteiger partial charge in [0.25, 0.3) is 0 Å². The molecule has 2 saturated heterocycles. The van der Waals surface area contributed by atoms with Crippen molar-refractivity contribution in [1.82, 2.24) is 9.80 Å². The fraction of sp³-hybridized carbons (Fsp3) is 0.636. The van der Waals surface area contributed by atoms with Crippen molar-refractivity contribution >= 4 is 11.8 Å². The van der Waals surface area contributed by atoms with Crippen LogP contribution in [0.15, 0.2) is 30.3 Å². The van der Waals surface area contributed by atoms with E-state index in [2.05, 4.69) is 6.92 Å². The summed E-state index contributed by atoms with van der Waals surface area (Å²) in [5.41, 5.74) is 1.25. The van der Waals surface area contributed by atoms with E-state index in [0.717, 1.165) is 50.9 Å². The minimum atomic E-state index is -0.0609. The molecule has 5 heteroatoms. The standard InChI is InChI=1S/C22H32N2O3/c1-2-19(18-7-4-3-5-8-18)21(27)23-14-11-22(12-15-23)10-9-20(26)24(17-22)13-6-16-25/h3-5,7-8,19,25H,2,6,9-17H2,1H3. The molecule has 2 aliphatic heterocycles. The van der Waals surface area contributed by atoms with Crippen molar-refractivity contribution in [3.63, 3.8) is 0 Å². The minimum Gasteiger partial charge on any atom is -0.396 e. The zero-order valence-electron chi connectivity index (χ0n) is 16.4. The number of nitrogens with zero attached hydrogens (tertiary/aromatic N) is 2. The molecule has 0 bridgehead atoms. The van der Waals surface area contributed by atoms with Gasteiger partial charge in [-0.2, -0.15) is 0 Å². The molecule has 2 fully saturated rings. The number of piperidine rings is 2. The van der Waals surface area contributed by atoms with Crippen LogP contribution in [0.2, 0.25) is 0 Å². The van der Waals surface area contributed by atoms with Crippen molar-refractivity contribution in [3.05, 3.63) is 35.9 Å². The maximum absolute atomic E-state index is 13.1. The van der Waals surface area contributed by atoms with Gasteiger partial charge >= 0.3 is 0 Å². The molecule has 1 aromatic rings. The van der Waals surface area contributed by atoms with E-state index in [9.17, 15) is 9.59 Å². The summed E-state index contributed by atoms with van der Waals surface area (Å²) in [6.07, 6.45) is 4.91. The molecule has 0 radical (unpaired) electrons. The van der Waals surface area contributed by atoms with Gasteiger partial charge in [-0.25, -0.2) is 0 Å². The molecule has 148 valence electrons. The van der Waals surface area contributed by atoms with E-state index >= 15 is 0 Å². The Morgan fingerprint density at radius 1 is 1.19 bits per heavy atom. The zero-order valence-corrected chi connectivity index (χ0v) is 16.4. The summed E-state index contributed by atoms with van der Waals surface area (Å²) in [5, 5.41) is 9.07. The van der Waals surface area contributed by atoms with Crippen LogP contribution in [0.5, 0.6) is 0 Å². The number of amides is 2. The van der Waals surface area contributed by atoms with Crippen LogP contribution in [0.25, 0.3) is 0 Å². The van der Waals surface area contributed by atoms with Gasteiger partial charge in [-0.15, -0.1) is 0 Å². The van der Waals surface area contributed by atoms with Crippen LogP contribution in [0.3, 0.4) is 0 Å². The number of aliphatic hydroxyl groups is 1. The topological polar surface area (TPSA) is 60.9 Å². The fourth-order valence-corrected chi connectivity index (χ4v) is 4.64. The molecule has 5 nitrogen and oxygen atoms in total. The van der Waals surface area contributed by atoms with Gasteiger partial charge in [-0.05, 0) is 43.1 Å². The Morgan fingerprint density at radius 2 is 1.89 bits per heavy atom. The first-order valence-electron chi connectivity index (χ1n) is 10.3. The quantitative estimate of drug-likeness (QED) is 0.835. The molecular weight excluding hydrogens is 340 g/mol. The summed E-state index contributed by atoms with van der Waals surface area (Å²) in [7, 11) is 0. The van der Waals surface area contributed by atoms with Gasteiger partial charge in [0.05, 0.1) is 5.92 Å². The predicted molar refractivity (Wildman–Crippen MR) is 105 cm³/mol. The molecule has 0 aliphatic carbocycles. The smallest absolute Gasteiger partial charge is 0.230 e. The highest BCUT2D eigenvalue weighted by Gasteiger charge is 2.42. The third kappa shape index (κ3) is 4.52. The third-order valence-electron chi connectivity index (χ3n) is 6.38. The number of hydrogen-bond acceptors (Lipinski definition) is 3. The summed E-state index contributed by atoms with van der Waals surface area (Å²) in [5.74, 6) is 0.388. The highest BCUT2D eigenvalue weighted by atomic mass is 16.3. The van der Waals surface area contributed by atoms with E-state index < -0.39 is 0 Å². The lowest BCUT2D eigenvalue weighted by atomic mass is 9.72. The molecule has 1 atom stereocenters. The maximum atomic E-state index is 13.1. The van der Waals surface area contributed by atoms with Crippen LogP contribution in [0, 0.1) is 5.41 Å². The summed E-state index contributed by atoms with van der Waals surface area (Å²) >= 11 is 0. The molecule has 1 aromatic carbocycles. The van der Waals surface area contributed by atoms with Crippen molar-refractivity contribution in [3.8, 4) is 0 Å². The SMILES string of the molecule is CCC(C(=O)N1CCC2(CCC(=O)N(CCCO)C2)CC1)c1ccccc1. The first kappa shape index (κ1) is 19.9. The fourth-order valence-electron chi connectivity index (χ4n) is 4.64. The molecular formula is C22H32N2O3. The number of hydrogen-bond donors (Lipinski definition) is 1. The summed E-state index contributed by atoms with van der Waals surface area (Å²) in [6, 6.07) is 10.1. The van der Waals surface area contributed by atoms with Gasteiger partial charge in [0.1, 0.15) is 0 Å². The summed E-state index contributed by atoms with van der Waals surface area (Å²) < 4.78 is 0. The van der Waals surface area contributed by atoms with Crippen LogP contribution in [0.4, 0.5) is 0 Å². The van der Waals surface area contributed by atoms with Crippen LogP contribution in [-0.2, 0) is 9.59 Å². The Labute approximate surface area is 162 Å². The van der Waals surface area contributed by atoms with E-state index in [1.165, 1.54) is 0 Å². The average molecular weight is 373 g/mol. The van der Waals surface area contributed by atoms with Crippen LogP contribution >= 0.6 is 0 Å². The molecule has 1 unspecified atom stereocenters. The van der Waals surface area contributed by atoms with Crippen molar-refractivity contribution in [1.29, 1.82) is 0 Å². The Kier molecular flexibility index (Phi) is 6.53. The Bertz CT molecular complexity index is 638. The van der Waals surface area contributed by atoms with Gasteiger partial charge in [0.15, 0.2) is 0 Å². The van der Waals surface area contributed by atoms with Crippen molar-refractivity contribution in [2.24, 2.45) is 5.41 Å². The lowest BCUT2D eigenvalue weighted by molar-refractivity contribution is -0.143. The van der Waals surface area contributed by atoms with Crippen molar-refractivity contribution in [2.45, 2.75) is 51.4 Å². The Balaban J connectivity index is 1.61. The van der Waals surface area contributed by atoms with Crippen molar-refractivity contribution < 1.29 is 14.7 Å². The molecule has 0 aromatic heterocycles. The second-order valence-corrected chi connectivity index (χ2v) is 8.09. The number of carbonyl (C=O) groups is 2. The second kappa shape index (κ2) is 8.87. The Hall–Kier alpha value is -1.88. The van der Waals surface area contributed by atoms with Gasteiger partial charge < -0.3 is 14.9 Å². The molecule has 2 aliphatic rings. The maximum Gasteiger partial charge on any atom is 0.230 e. The first-order chi connectivity index (χ1) is 13.1. The van der Waals surface area contributed by atoms with E-state index in [1.54, 1.807) is 0 Å². The lowest BCUT2D eigenvalue weighted by Gasteiger charge is -2.48. The highest BCUT2D eigenvalue weighted by Crippen LogP contribution is 2.41. The molecule has 0 saturated carbocycles. The largest absolute Gasteiger partial charge is 0.396 e. The van der Waals surface area contributed by atoms with Crippen molar-refractivity contribution in [2.75, 3.05) is 32.8 Å². The summed E-state index contributed by atoms with van der Waals surface area (Å²) in [6.45, 7) is 5.19. The monoisotopic (exact) mass is 372 g/mol. The summed E-state index contributed by atoms with van der Waals surface area (Å²) in [4.78, 5) is 29.2. The number of rotatable bonds is 6. The third-order valence-corrected chi connectivity index (χ3v) is 6.38. The van der Waals surface area contributed by atoms with E-state index in [0.29, 0.717) is 19.4 Å². The van der Waals surface area contributed by atoms with E-state index in [1.807, 2.05) is 40.1 Å². The molecule has 3 rings (SSSR count). The molecule has 2 heterocycles. The average Bonchev–Trinajstić information content (AvgIpc) is 2.71. The zero-order chi connectivity index (χ0) is 19.3. The van der Waals surface area contributed by atoms with E-state index in [4.69, 9.17) is 5.11 Å². The van der Waals surface area contributed by atoms with Crippen LogP contribution < -0.4 is 0 Å². The normalized spacial score (nSPS) is 20.7. The first-order valence-corrected chi connectivity index (χ1v) is 10.3.